The van der Waals surface area contributed by atoms with Crippen LogP contribution >= 0.6 is 0 Å². The molecule has 4 rings (SSSR count). The van der Waals surface area contributed by atoms with E-state index in [4.69, 9.17) is 4.42 Å². The first-order valence-electron chi connectivity index (χ1n) is 7.59. The molecule has 2 N–H and O–H groups in total. The lowest BCUT2D eigenvalue weighted by Crippen LogP contribution is -2.02. The number of phenolic OH excluding ortho intramolecular Hbond substituents is 2. The molecule has 0 radical (unpaired) electrons. The van der Waals surface area contributed by atoms with Gasteiger partial charge in [-0.05, 0) is 47.0 Å². The molecule has 1 heterocycles. The van der Waals surface area contributed by atoms with Crippen molar-refractivity contribution in [3.05, 3.63) is 82.6 Å². The number of rotatable bonds is 2. The normalized spacial score (nSPS) is 15.5. The Labute approximate surface area is 142 Å². The largest absolute Gasteiger partial charge is 0.508 e. The van der Waals surface area contributed by atoms with Crippen LogP contribution in [0.15, 0.2) is 53.1 Å². The Kier molecular flexibility index (Phi) is 3.33. The molecule has 0 aliphatic heterocycles. The van der Waals surface area contributed by atoms with Crippen LogP contribution < -0.4 is 0 Å². The first-order valence-corrected chi connectivity index (χ1v) is 7.59. The highest BCUT2D eigenvalue weighted by Gasteiger charge is 2.34. The summed E-state index contributed by atoms with van der Waals surface area (Å²) in [4.78, 5) is 0. The summed E-state index contributed by atoms with van der Waals surface area (Å²) in [6.45, 7) is 0. The van der Waals surface area contributed by atoms with Crippen molar-refractivity contribution >= 4 is 11.6 Å². The predicted molar refractivity (Wildman–Crippen MR) is 89.3 cm³/mol. The summed E-state index contributed by atoms with van der Waals surface area (Å²) in [6, 6.07) is 12.7. The number of hydrogen-bond donors (Lipinski definition) is 2. The monoisotopic (exact) mass is 333 g/mol. The SMILES string of the molecule is N#Cc1ccoc1C1C(c2ccc(O)cc2)=Cc2c(F)cc(O)cc21. The van der Waals surface area contributed by atoms with E-state index in [9.17, 15) is 19.9 Å². The van der Waals surface area contributed by atoms with Crippen LogP contribution in [0.4, 0.5) is 4.39 Å². The van der Waals surface area contributed by atoms with E-state index in [1.807, 2.05) is 0 Å². The number of nitrogens with zero attached hydrogens (tertiary/aromatic N) is 1. The van der Waals surface area contributed by atoms with Crippen molar-refractivity contribution in [1.82, 2.24) is 0 Å². The molecule has 4 nitrogen and oxygen atoms in total. The fourth-order valence-electron chi connectivity index (χ4n) is 3.24. The van der Waals surface area contributed by atoms with Crippen LogP contribution in [0.1, 0.15) is 33.9 Å². The van der Waals surface area contributed by atoms with Crippen molar-refractivity contribution in [3.8, 4) is 17.6 Å². The van der Waals surface area contributed by atoms with E-state index in [0.29, 0.717) is 22.5 Å². The zero-order valence-corrected chi connectivity index (χ0v) is 12.9. The molecule has 0 saturated heterocycles. The molecule has 0 spiro atoms. The molecule has 5 heteroatoms. The molecule has 1 aromatic heterocycles. The zero-order valence-electron chi connectivity index (χ0n) is 12.9. The summed E-state index contributed by atoms with van der Waals surface area (Å²) < 4.78 is 19.9. The molecular weight excluding hydrogens is 321 g/mol. The van der Waals surface area contributed by atoms with E-state index in [2.05, 4.69) is 6.07 Å². The molecule has 3 aromatic rings. The first-order chi connectivity index (χ1) is 12.1. The molecule has 2 aromatic carbocycles. The third-order valence-corrected chi connectivity index (χ3v) is 4.35. The molecule has 1 aliphatic carbocycles. The molecular formula is C20H12FNO3. The van der Waals surface area contributed by atoms with Gasteiger partial charge >= 0.3 is 0 Å². The van der Waals surface area contributed by atoms with Crippen LogP contribution in [0, 0.1) is 17.1 Å². The third-order valence-electron chi connectivity index (χ3n) is 4.35. The van der Waals surface area contributed by atoms with E-state index in [-0.39, 0.29) is 11.5 Å². The third kappa shape index (κ3) is 2.36. The number of hydrogen-bond acceptors (Lipinski definition) is 4. The topological polar surface area (TPSA) is 77.4 Å². The molecule has 1 aliphatic rings. The van der Waals surface area contributed by atoms with Gasteiger partial charge in [0.1, 0.15) is 29.1 Å². The second-order valence-electron chi connectivity index (χ2n) is 5.82. The Balaban J connectivity index is 1.96. The van der Waals surface area contributed by atoms with Crippen LogP contribution in [-0.4, -0.2) is 10.2 Å². The lowest BCUT2D eigenvalue weighted by Gasteiger charge is -2.16. The highest BCUT2D eigenvalue weighted by Crippen LogP contribution is 2.48. The Morgan fingerprint density at radius 2 is 1.80 bits per heavy atom. The number of halogens is 1. The first kappa shape index (κ1) is 15.0. The lowest BCUT2D eigenvalue weighted by atomic mass is 9.87. The van der Waals surface area contributed by atoms with Crippen molar-refractivity contribution < 1.29 is 19.0 Å². The smallest absolute Gasteiger partial charge is 0.134 e. The molecule has 1 unspecified atom stereocenters. The summed E-state index contributed by atoms with van der Waals surface area (Å²) in [5.74, 6) is -0.738. The Morgan fingerprint density at radius 3 is 2.52 bits per heavy atom. The van der Waals surface area contributed by atoms with Crippen LogP contribution in [0.2, 0.25) is 0 Å². The fourth-order valence-corrected chi connectivity index (χ4v) is 3.24. The average Bonchev–Trinajstić information content (AvgIpc) is 3.19. The Bertz CT molecular complexity index is 1040. The van der Waals surface area contributed by atoms with Crippen molar-refractivity contribution in [2.75, 3.05) is 0 Å². The average molecular weight is 333 g/mol. The van der Waals surface area contributed by atoms with Gasteiger partial charge in [-0.15, -0.1) is 0 Å². The quantitative estimate of drug-likeness (QED) is 0.729. The second kappa shape index (κ2) is 5.53. The summed E-state index contributed by atoms with van der Waals surface area (Å²) in [5.41, 5.74) is 2.73. The van der Waals surface area contributed by atoms with Gasteiger partial charge in [0.15, 0.2) is 0 Å². The van der Waals surface area contributed by atoms with Gasteiger partial charge in [0.05, 0.1) is 17.7 Å². The van der Waals surface area contributed by atoms with Gasteiger partial charge in [0, 0.05) is 11.6 Å². The van der Waals surface area contributed by atoms with E-state index < -0.39 is 11.7 Å². The molecule has 122 valence electrons. The van der Waals surface area contributed by atoms with Gasteiger partial charge in [-0.2, -0.15) is 5.26 Å². The maximum absolute atomic E-state index is 14.4. The van der Waals surface area contributed by atoms with Crippen LogP contribution in [0.25, 0.3) is 11.6 Å². The molecule has 0 bridgehead atoms. The summed E-state index contributed by atoms with van der Waals surface area (Å²) >= 11 is 0. The van der Waals surface area contributed by atoms with Gasteiger partial charge in [-0.25, -0.2) is 4.39 Å². The number of fused-ring (bicyclic) bond motifs is 1. The minimum absolute atomic E-state index is 0.121. The van der Waals surface area contributed by atoms with Crippen LogP contribution in [0.5, 0.6) is 11.5 Å². The van der Waals surface area contributed by atoms with E-state index >= 15 is 0 Å². The Hall–Kier alpha value is -3.52. The van der Waals surface area contributed by atoms with Gasteiger partial charge in [-0.1, -0.05) is 12.1 Å². The van der Waals surface area contributed by atoms with Crippen molar-refractivity contribution in [2.24, 2.45) is 0 Å². The number of furan rings is 1. The minimum Gasteiger partial charge on any atom is -0.508 e. The summed E-state index contributed by atoms with van der Waals surface area (Å²) in [6.07, 6.45) is 3.10. The number of benzene rings is 2. The van der Waals surface area contributed by atoms with Crippen LogP contribution in [-0.2, 0) is 0 Å². The highest BCUT2D eigenvalue weighted by molar-refractivity contribution is 5.94. The zero-order chi connectivity index (χ0) is 17.6. The Morgan fingerprint density at radius 1 is 1.04 bits per heavy atom. The standard InChI is InChI=1S/C20H12FNO3/c21-18-8-14(24)7-17-16(18)9-15(11-1-3-13(23)4-2-11)19(17)20-12(10-22)5-6-25-20/h1-9,19,23-24H. The van der Waals surface area contributed by atoms with E-state index in [1.54, 1.807) is 24.3 Å². The number of allylic oxidation sites excluding steroid dienone is 1. The van der Waals surface area contributed by atoms with Gasteiger partial charge in [-0.3, -0.25) is 0 Å². The second-order valence-corrected chi connectivity index (χ2v) is 5.82. The van der Waals surface area contributed by atoms with Gasteiger partial charge in [0.25, 0.3) is 0 Å². The maximum Gasteiger partial charge on any atom is 0.134 e. The van der Waals surface area contributed by atoms with E-state index in [0.717, 1.165) is 17.2 Å². The molecule has 0 saturated carbocycles. The van der Waals surface area contributed by atoms with Crippen molar-refractivity contribution in [2.45, 2.75) is 5.92 Å². The number of phenols is 2. The molecule has 0 amide bonds. The fraction of sp³-hybridized carbons (Fsp3) is 0.0500. The lowest BCUT2D eigenvalue weighted by molar-refractivity contribution is 0.466. The molecule has 0 fully saturated rings. The van der Waals surface area contributed by atoms with Gasteiger partial charge in [0.2, 0.25) is 0 Å². The number of nitriles is 1. The summed E-state index contributed by atoms with van der Waals surface area (Å²) in [5, 5.41) is 28.7. The highest BCUT2D eigenvalue weighted by atomic mass is 19.1. The van der Waals surface area contributed by atoms with E-state index in [1.165, 1.54) is 24.5 Å². The minimum atomic E-state index is -0.543. The molecule has 25 heavy (non-hydrogen) atoms. The van der Waals surface area contributed by atoms with Crippen molar-refractivity contribution in [1.29, 1.82) is 5.26 Å². The van der Waals surface area contributed by atoms with Gasteiger partial charge < -0.3 is 14.6 Å². The molecule has 1 atom stereocenters. The predicted octanol–water partition coefficient (Wildman–Crippen LogP) is 4.39. The van der Waals surface area contributed by atoms with Crippen LogP contribution in [0.3, 0.4) is 0 Å². The van der Waals surface area contributed by atoms with Crippen molar-refractivity contribution in [3.63, 3.8) is 0 Å². The maximum atomic E-state index is 14.4. The number of aromatic hydroxyl groups is 2. The summed E-state index contributed by atoms with van der Waals surface area (Å²) in [7, 11) is 0.